The van der Waals surface area contributed by atoms with Gasteiger partial charge in [0.05, 0.1) is 6.67 Å². The molecule has 1 saturated heterocycles. The van der Waals surface area contributed by atoms with Crippen LogP contribution in [-0.2, 0) is 4.79 Å². The van der Waals surface area contributed by atoms with Crippen LogP contribution in [0, 0.1) is 0 Å². The molecule has 0 spiro atoms. The third-order valence-electron chi connectivity index (χ3n) is 4.04. The van der Waals surface area contributed by atoms with Crippen molar-refractivity contribution in [3.8, 4) is 10.8 Å². The van der Waals surface area contributed by atoms with Crippen molar-refractivity contribution in [2.45, 2.75) is 38.0 Å². The van der Waals surface area contributed by atoms with E-state index in [0.29, 0.717) is 44.1 Å². The van der Waals surface area contributed by atoms with E-state index in [2.05, 4.69) is 15.1 Å². The predicted molar refractivity (Wildman–Crippen MR) is 83.8 cm³/mol. The number of rotatable bonds is 6. The molecule has 8 heteroatoms. The predicted octanol–water partition coefficient (Wildman–Crippen LogP) is 3.04. The van der Waals surface area contributed by atoms with Crippen LogP contribution in [0.3, 0.4) is 0 Å². The number of carbonyl (C=O) groups is 1. The number of amides is 1. The number of aromatic nitrogens is 3. The average molecular weight is 338 g/mol. The first-order valence-corrected chi connectivity index (χ1v) is 8.73. The van der Waals surface area contributed by atoms with Gasteiger partial charge >= 0.3 is 0 Å². The minimum absolute atomic E-state index is 0.117. The van der Waals surface area contributed by atoms with E-state index in [-0.39, 0.29) is 18.5 Å². The standard InChI is InChI=1S/C15H19FN4O2S/c16-6-2-1-3-12(21)20-8-4-11(5-9-20)14-18-13(19-22-14)15-17-7-10-23-15/h7,10-11H,1-6,8-9H2. The minimum Gasteiger partial charge on any atom is -0.343 e. The molecule has 23 heavy (non-hydrogen) atoms. The van der Waals surface area contributed by atoms with Crippen molar-refractivity contribution in [2.24, 2.45) is 0 Å². The van der Waals surface area contributed by atoms with Crippen molar-refractivity contribution in [3.63, 3.8) is 0 Å². The van der Waals surface area contributed by atoms with Gasteiger partial charge in [-0.3, -0.25) is 9.18 Å². The van der Waals surface area contributed by atoms with Crippen LogP contribution in [0.25, 0.3) is 10.8 Å². The first kappa shape index (κ1) is 16.0. The number of carbonyl (C=O) groups excluding carboxylic acids is 1. The number of piperidine rings is 1. The number of hydrogen-bond donors (Lipinski definition) is 0. The third-order valence-corrected chi connectivity index (χ3v) is 4.81. The second-order valence-electron chi connectivity index (χ2n) is 5.59. The Morgan fingerprint density at radius 2 is 2.22 bits per heavy atom. The van der Waals surface area contributed by atoms with Gasteiger partial charge in [-0.25, -0.2) is 4.98 Å². The van der Waals surface area contributed by atoms with Crippen LogP contribution in [0.4, 0.5) is 4.39 Å². The molecule has 1 aliphatic heterocycles. The molecule has 1 amide bonds. The molecule has 2 aromatic rings. The summed E-state index contributed by atoms with van der Waals surface area (Å²) in [5, 5.41) is 6.61. The summed E-state index contributed by atoms with van der Waals surface area (Å²) in [5.41, 5.74) is 0. The molecule has 2 aromatic heterocycles. The average Bonchev–Trinajstić information content (AvgIpc) is 3.26. The van der Waals surface area contributed by atoms with E-state index in [4.69, 9.17) is 4.52 Å². The molecule has 0 radical (unpaired) electrons. The number of unbranched alkanes of at least 4 members (excludes halogenated alkanes) is 1. The van der Waals surface area contributed by atoms with E-state index in [1.54, 1.807) is 6.20 Å². The van der Waals surface area contributed by atoms with Crippen LogP contribution in [0.15, 0.2) is 16.1 Å². The topological polar surface area (TPSA) is 72.1 Å². The molecule has 6 nitrogen and oxygen atoms in total. The van der Waals surface area contributed by atoms with Crippen molar-refractivity contribution < 1.29 is 13.7 Å². The molecule has 0 saturated carbocycles. The second kappa shape index (κ2) is 7.63. The zero-order chi connectivity index (χ0) is 16.1. The molecule has 0 atom stereocenters. The third kappa shape index (κ3) is 3.93. The molecular weight excluding hydrogens is 319 g/mol. The summed E-state index contributed by atoms with van der Waals surface area (Å²) in [4.78, 5) is 22.5. The van der Waals surface area contributed by atoms with Crippen LogP contribution in [-0.4, -0.2) is 45.7 Å². The summed E-state index contributed by atoms with van der Waals surface area (Å²) in [6.07, 6.45) is 4.86. The highest BCUT2D eigenvalue weighted by Gasteiger charge is 2.27. The van der Waals surface area contributed by atoms with E-state index in [1.165, 1.54) is 11.3 Å². The monoisotopic (exact) mass is 338 g/mol. The summed E-state index contributed by atoms with van der Waals surface area (Å²) < 4.78 is 17.4. The molecule has 1 fully saturated rings. The smallest absolute Gasteiger partial charge is 0.231 e. The molecule has 1 aliphatic rings. The maximum atomic E-state index is 12.1. The number of thiazole rings is 1. The fraction of sp³-hybridized carbons (Fsp3) is 0.600. The Morgan fingerprint density at radius 3 is 2.91 bits per heavy atom. The first-order chi connectivity index (χ1) is 11.3. The highest BCUT2D eigenvalue weighted by atomic mass is 32.1. The van der Waals surface area contributed by atoms with Gasteiger partial charge < -0.3 is 9.42 Å². The van der Waals surface area contributed by atoms with Crippen LogP contribution >= 0.6 is 11.3 Å². The summed E-state index contributed by atoms with van der Waals surface area (Å²) in [5.74, 6) is 1.46. The molecule has 0 bridgehead atoms. The van der Waals surface area contributed by atoms with Crippen molar-refractivity contribution in [1.29, 1.82) is 0 Å². The van der Waals surface area contributed by atoms with Gasteiger partial charge in [-0.1, -0.05) is 5.16 Å². The summed E-state index contributed by atoms with van der Waals surface area (Å²) in [6.45, 7) is 1.02. The lowest BCUT2D eigenvalue weighted by Crippen LogP contribution is -2.37. The number of likely N-dealkylation sites (tertiary alicyclic amines) is 1. The van der Waals surface area contributed by atoms with Crippen molar-refractivity contribution in [2.75, 3.05) is 19.8 Å². The largest absolute Gasteiger partial charge is 0.343 e. The van der Waals surface area contributed by atoms with E-state index in [0.717, 1.165) is 17.8 Å². The number of hydrogen-bond acceptors (Lipinski definition) is 6. The minimum atomic E-state index is -0.353. The molecule has 0 N–H and O–H groups in total. The molecule has 0 unspecified atom stereocenters. The Labute approximate surface area is 137 Å². The maximum absolute atomic E-state index is 12.1. The maximum Gasteiger partial charge on any atom is 0.231 e. The van der Waals surface area contributed by atoms with Crippen molar-refractivity contribution >= 4 is 17.2 Å². The fourth-order valence-corrected chi connectivity index (χ4v) is 3.29. The number of halogens is 1. The highest BCUT2D eigenvalue weighted by Crippen LogP contribution is 2.29. The van der Waals surface area contributed by atoms with Gasteiger partial charge in [0.15, 0.2) is 5.01 Å². The molecule has 0 aliphatic carbocycles. The van der Waals surface area contributed by atoms with E-state index in [9.17, 15) is 9.18 Å². The SMILES string of the molecule is O=C(CCCCF)N1CCC(c2nc(-c3nccs3)no2)CC1. The first-order valence-electron chi connectivity index (χ1n) is 7.85. The Morgan fingerprint density at radius 1 is 1.39 bits per heavy atom. The molecule has 3 heterocycles. The van der Waals surface area contributed by atoms with Crippen LogP contribution in [0.2, 0.25) is 0 Å². The lowest BCUT2D eigenvalue weighted by atomic mass is 9.96. The molecular formula is C15H19FN4O2S. The second-order valence-corrected chi connectivity index (χ2v) is 6.49. The van der Waals surface area contributed by atoms with Gasteiger partial charge in [0, 0.05) is 37.0 Å². The van der Waals surface area contributed by atoms with Crippen LogP contribution in [0.1, 0.15) is 43.9 Å². The zero-order valence-corrected chi connectivity index (χ0v) is 13.6. The van der Waals surface area contributed by atoms with E-state index in [1.807, 2.05) is 10.3 Å². The normalized spacial score (nSPS) is 16.0. The summed E-state index contributed by atoms with van der Waals surface area (Å²) >= 11 is 1.47. The van der Waals surface area contributed by atoms with Crippen LogP contribution < -0.4 is 0 Å². The Kier molecular flexibility index (Phi) is 5.32. The molecule has 3 rings (SSSR count). The van der Waals surface area contributed by atoms with Gasteiger partial charge in [0.2, 0.25) is 17.6 Å². The van der Waals surface area contributed by atoms with Gasteiger partial charge in [-0.2, -0.15) is 4.98 Å². The summed E-state index contributed by atoms with van der Waals surface area (Å²) in [7, 11) is 0. The van der Waals surface area contributed by atoms with Crippen molar-refractivity contribution in [1.82, 2.24) is 20.0 Å². The van der Waals surface area contributed by atoms with Gasteiger partial charge in [0.1, 0.15) is 0 Å². The number of alkyl halides is 1. The lowest BCUT2D eigenvalue weighted by molar-refractivity contribution is -0.132. The zero-order valence-electron chi connectivity index (χ0n) is 12.8. The quantitative estimate of drug-likeness (QED) is 0.757. The highest BCUT2D eigenvalue weighted by molar-refractivity contribution is 7.12. The van der Waals surface area contributed by atoms with Gasteiger partial charge in [-0.05, 0) is 25.7 Å². The van der Waals surface area contributed by atoms with Gasteiger partial charge in [-0.15, -0.1) is 11.3 Å². The van der Waals surface area contributed by atoms with E-state index >= 15 is 0 Å². The fourth-order valence-electron chi connectivity index (χ4n) is 2.73. The Balaban J connectivity index is 1.52. The molecule has 0 aromatic carbocycles. The van der Waals surface area contributed by atoms with E-state index < -0.39 is 0 Å². The molecule has 124 valence electrons. The lowest BCUT2D eigenvalue weighted by Gasteiger charge is -2.30. The van der Waals surface area contributed by atoms with Crippen molar-refractivity contribution in [3.05, 3.63) is 17.5 Å². The number of nitrogens with zero attached hydrogens (tertiary/aromatic N) is 4. The Bertz CT molecular complexity index is 623. The summed E-state index contributed by atoms with van der Waals surface area (Å²) in [6, 6.07) is 0. The van der Waals surface area contributed by atoms with Gasteiger partial charge in [0.25, 0.3) is 0 Å². The Hall–Kier alpha value is -1.83. The van der Waals surface area contributed by atoms with Crippen LogP contribution in [0.5, 0.6) is 0 Å².